The molecule has 0 aliphatic rings. The maximum Gasteiger partial charge on any atom is 0.306 e. The number of carbonyl (C=O) groups excluding carboxylic acids is 3. The molecule has 0 aliphatic carbocycles. The topological polar surface area (TPSA) is 78.9 Å². The molecule has 408 valence electrons. The van der Waals surface area contributed by atoms with E-state index in [9.17, 15) is 14.4 Å². The summed E-state index contributed by atoms with van der Waals surface area (Å²) in [6, 6.07) is 0. The second-order valence-electron chi connectivity index (χ2n) is 19.1. The van der Waals surface area contributed by atoms with Crippen molar-refractivity contribution in [1.82, 2.24) is 0 Å². The number of hydrogen-bond donors (Lipinski definition) is 0. The van der Waals surface area contributed by atoms with Crippen molar-refractivity contribution >= 4 is 17.9 Å². The molecule has 0 amide bonds. The van der Waals surface area contributed by atoms with Crippen LogP contribution in [0, 0.1) is 0 Å². The Morgan fingerprint density at radius 2 is 0.542 bits per heavy atom. The van der Waals surface area contributed by atoms with Crippen LogP contribution in [0.25, 0.3) is 0 Å². The van der Waals surface area contributed by atoms with Gasteiger partial charge in [0.1, 0.15) is 13.2 Å². The van der Waals surface area contributed by atoms with E-state index in [1.807, 2.05) is 0 Å². The Balaban J connectivity index is 4.27. The first kappa shape index (κ1) is 67.8. The number of allylic oxidation sites excluding steroid dienone is 20. The van der Waals surface area contributed by atoms with E-state index in [-0.39, 0.29) is 37.5 Å². The molecule has 0 aromatic heterocycles. The van der Waals surface area contributed by atoms with Crippen molar-refractivity contribution in [3.63, 3.8) is 0 Å². The molecule has 1 unspecified atom stereocenters. The summed E-state index contributed by atoms with van der Waals surface area (Å²) in [5.74, 6) is -0.942. The molecule has 0 saturated carbocycles. The van der Waals surface area contributed by atoms with E-state index in [4.69, 9.17) is 14.2 Å². The van der Waals surface area contributed by atoms with E-state index in [0.29, 0.717) is 12.8 Å². The Hall–Kier alpha value is -4.19. The number of unbranched alkanes of at least 4 members (excludes halogenated alkanes) is 21. The van der Waals surface area contributed by atoms with E-state index in [0.717, 1.165) is 135 Å². The average molecular weight is 998 g/mol. The smallest absolute Gasteiger partial charge is 0.306 e. The lowest BCUT2D eigenvalue weighted by molar-refractivity contribution is -0.167. The van der Waals surface area contributed by atoms with Crippen LogP contribution >= 0.6 is 0 Å². The van der Waals surface area contributed by atoms with E-state index < -0.39 is 6.10 Å². The molecule has 0 spiro atoms. The average Bonchev–Trinajstić information content (AvgIpc) is 3.38. The monoisotopic (exact) mass is 997 g/mol. The van der Waals surface area contributed by atoms with Crippen molar-refractivity contribution in [2.75, 3.05) is 13.2 Å². The van der Waals surface area contributed by atoms with Crippen LogP contribution in [0.2, 0.25) is 0 Å². The summed E-state index contributed by atoms with van der Waals surface area (Å²) in [6.45, 7) is 6.35. The fourth-order valence-electron chi connectivity index (χ4n) is 7.81. The molecule has 0 saturated heterocycles. The summed E-state index contributed by atoms with van der Waals surface area (Å²) in [7, 11) is 0. The molecule has 0 fully saturated rings. The van der Waals surface area contributed by atoms with Crippen molar-refractivity contribution in [3.8, 4) is 0 Å². The lowest BCUT2D eigenvalue weighted by Crippen LogP contribution is -2.30. The Labute approximate surface area is 443 Å². The fourth-order valence-corrected chi connectivity index (χ4v) is 7.81. The van der Waals surface area contributed by atoms with Gasteiger partial charge in [-0.25, -0.2) is 0 Å². The van der Waals surface area contributed by atoms with E-state index in [2.05, 4.69) is 142 Å². The third-order valence-electron chi connectivity index (χ3n) is 12.2. The largest absolute Gasteiger partial charge is 0.462 e. The van der Waals surface area contributed by atoms with Gasteiger partial charge in [0.15, 0.2) is 6.10 Å². The molecule has 72 heavy (non-hydrogen) atoms. The molecule has 0 heterocycles. The van der Waals surface area contributed by atoms with Crippen LogP contribution in [0.5, 0.6) is 0 Å². The number of rotatable bonds is 52. The SMILES string of the molecule is CC/C=C\C/C=C\C/C=C\C/C=C\C/C=C\C/C=C\CCCCCCCCCCCCC(=O)OCC(COC(=O)CCCCCCC/C=C\CCCCC)OC(=O)CCCCC/C=C\C/C=C\C/C=C\CC. The van der Waals surface area contributed by atoms with E-state index in [1.54, 1.807) is 0 Å². The van der Waals surface area contributed by atoms with Gasteiger partial charge < -0.3 is 14.2 Å². The van der Waals surface area contributed by atoms with Crippen LogP contribution in [-0.2, 0) is 28.6 Å². The zero-order chi connectivity index (χ0) is 52.2. The van der Waals surface area contributed by atoms with Crippen LogP contribution in [0.15, 0.2) is 122 Å². The lowest BCUT2D eigenvalue weighted by atomic mass is 10.1. The summed E-state index contributed by atoms with van der Waals surface area (Å²) in [6.07, 6.45) is 82.0. The van der Waals surface area contributed by atoms with Crippen LogP contribution < -0.4 is 0 Å². The van der Waals surface area contributed by atoms with Crippen LogP contribution in [-0.4, -0.2) is 37.2 Å². The second-order valence-corrected chi connectivity index (χ2v) is 19.1. The highest BCUT2D eigenvalue weighted by Crippen LogP contribution is 2.14. The van der Waals surface area contributed by atoms with Crippen molar-refractivity contribution in [2.45, 2.75) is 264 Å². The van der Waals surface area contributed by atoms with Gasteiger partial charge in [-0.1, -0.05) is 232 Å². The summed E-state index contributed by atoms with van der Waals surface area (Å²) in [4.78, 5) is 38.1. The maximum atomic E-state index is 12.8. The Bertz CT molecular complexity index is 1520. The van der Waals surface area contributed by atoms with Gasteiger partial charge in [0.25, 0.3) is 0 Å². The molecular formula is C66H108O6. The molecule has 0 N–H and O–H groups in total. The fraction of sp³-hybridized carbons (Fsp3) is 0.652. The van der Waals surface area contributed by atoms with Gasteiger partial charge in [0.05, 0.1) is 0 Å². The molecule has 0 aromatic carbocycles. The number of hydrogen-bond acceptors (Lipinski definition) is 6. The van der Waals surface area contributed by atoms with Gasteiger partial charge in [-0.3, -0.25) is 14.4 Å². The maximum absolute atomic E-state index is 12.8. The van der Waals surface area contributed by atoms with Crippen molar-refractivity contribution in [2.24, 2.45) is 0 Å². The highest BCUT2D eigenvalue weighted by atomic mass is 16.6. The van der Waals surface area contributed by atoms with Crippen LogP contribution in [0.4, 0.5) is 0 Å². The normalized spacial score (nSPS) is 13.0. The van der Waals surface area contributed by atoms with Crippen LogP contribution in [0.1, 0.15) is 258 Å². The molecular weight excluding hydrogens is 889 g/mol. The van der Waals surface area contributed by atoms with E-state index in [1.165, 1.54) is 83.5 Å². The van der Waals surface area contributed by atoms with Crippen molar-refractivity contribution < 1.29 is 28.6 Å². The predicted octanol–water partition coefficient (Wildman–Crippen LogP) is 20.0. The Morgan fingerprint density at radius 3 is 0.875 bits per heavy atom. The van der Waals surface area contributed by atoms with Crippen molar-refractivity contribution in [3.05, 3.63) is 122 Å². The summed E-state index contributed by atoms with van der Waals surface area (Å²) >= 11 is 0. The third kappa shape index (κ3) is 56.7. The minimum Gasteiger partial charge on any atom is -0.462 e. The second kappa shape index (κ2) is 59.4. The molecule has 0 aromatic rings. The van der Waals surface area contributed by atoms with Crippen molar-refractivity contribution in [1.29, 1.82) is 0 Å². The molecule has 6 heteroatoms. The molecule has 1 atom stereocenters. The van der Waals surface area contributed by atoms with Gasteiger partial charge >= 0.3 is 17.9 Å². The van der Waals surface area contributed by atoms with Gasteiger partial charge in [-0.05, 0) is 128 Å². The summed E-state index contributed by atoms with van der Waals surface area (Å²) in [5.41, 5.74) is 0. The van der Waals surface area contributed by atoms with Crippen LogP contribution in [0.3, 0.4) is 0 Å². The van der Waals surface area contributed by atoms with E-state index >= 15 is 0 Å². The quantitative estimate of drug-likeness (QED) is 0.0261. The first-order chi connectivity index (χ1) is 35.5. The molecule has 6 nitrogen and oxygen atoms in total. The predicted molar refractivity (Wildman–Crippen MR) is 311 cm³/mol. The number of esters is 3. The summed E-state index contributed by atoms with van der Waals surface area (Å²) in [5, 5.41) is 0. The minimum atomic E-state index is -0.800. The molecule has 0 rings (SSSR count). The highest BCUT2D eigenvalue weighted by Gasteiger charge is 2.19. The zero-order valence-corrected chi connectivity index (χ0v) is 46.7. The molecule has 0 bridgehead atoms. The van der Waals surface area contributed by atoms with Gasteiger partial charge in [0.2, 0.25) is 0 Å². The minimum absolute atomic E-state index is 0.0968. The highest BCUT2D eigenvalue weighted by molar-refractivity contribution is 5.71. The number of ether oxygens (including phenoxy) is 3. The molecule has 0 radical (unpaired) electrons. The standard InChI is InChI=1S/C66H108O6/c1-4-7-10-13-16-19-22-25-26-27-28-29-30-31-32-33-34-35-36-37-38-39-40-42-44-47-50-53-56-59-65(68)71-62-63(61-70-64(67)58-55-52-49-46-43-24-21-18-15-12-9-6-3)72-66(69)60-57-54-51-48-45-41-23-20-17-14-11-8-5-2/h7-8,10-11,16-21,25-26,28-29,31-32,34-35,41,45,63H,4-6,9,12-15,22-24,27,30,33,36-40,42-44,46-62H2,1-3H3/b10-7-,11-8-,19-16-,20-17-,21-18-,26-25-,29-28-,32-31-,35-34-,45-41-. The summed E-state index contributed by atoms with van der Waals surface area (Å²) < 4.78 is 16.8. The Kier molecular flexibility index (Phi) is 55.9. The van der Waals surface area contributed by atoms with Gasteiger partial charge in [-0.15, -0.1) is 0 Å². The molecule has 0 aliphatic heterocycles. The van der Waals surface area contributed by atoms with Gasteiger partial charge in [-0.2, -0.15) is 0 Å². The first-order valence-electron chi connectivity index (χ1n) is 29.5. The lowest BCUT2D eigenvalue weighted by Gasteiger charge is -2.18. The van der Waals surface area contributed by atoms with Gasteiger partial charge in [0, 0.05) is 19.3 Å². The zero-order valence-electron chi connectivity index (χ0n) is 46.7. The Morgan fingerprint density at radius 1 is 0.292 bits per heavy atom. The number of carbonyl (C=O) groups is 3. The third-order valence-corrected chi connectivity index (χ3v) is 12.2. The first-order valence-corrected chi connectivity index (χ1v) is 29.5.